The van der Waals surface area contributed by atoms with Crippen molar-refractivity contribution in [2.45, 2.75) is 19.2 Å². The molecule has 0 radical (unpaired) electrons. The van der Waals surface area contributed by atoms with Crippen LogP contribution in [0.2, 0.25) is 0 Å². The molecule has 2 aromatic rings. The highest BCUT2D eigenvalue weighted by atomic mass is 35.5. The van der Waals surface area contributed by atoms with Crippen LogP contribution in [0.5, 0.6) is 5.75 Å². The molecule has 0 saturated heterocycles. The van der Waals surface area contributed by atoms with E-state index in [4.69, 9.17) is 20.8 Å². The zero-order chi connectivity index (χ0) is 12.4. The monoisotopic (exact) mass is 250 g/mol. The second-order valence-corrected chi connectivity index (χ2v) is 4.48. The molecule has 0 saturated carbocycles. The Morgan fingerprint density at radius 2 is 1.94 bits per heavy atom. The molecule has 0 aliphatic heterocycles. The van der Waals surface area contributed by atoms with Gasteiger partial charge in [0.1, 0.15) is 22.6 Å². The van der Waals surface area contributed by atoms with Gasteiger partial charge in [-0.1, -0.05) is 12.1 Å². The Bertz CT molecular complexity index is 517. The van der Waals surface area contributed by atoms with Gasteiger partial charge in [-0.05, 0) is 43.2 Å². The van der Waals surface area contributed by atoms with Crippen LogP contribution in [0.25, 0.3) is 0 Å². The van der Waals surface area contributed by atoms with Gasteiger partial charge in [0.15, 0.2) is 0 Å². The van der Waals surface area contributed by atoms with Gasteiger partial charge in [0.25, 0.3) is 0 Å². The van der Waals surface area contributed by atoms with Crippen molar-refractivity contribution in [2.75, 3.05) is 7.11 Å². The number of ether oxygens (including phenoxy) is 1. The molecule has 0 amide bonds. The summed E-state index contributed by atoms with van der Waals surface area (Å²) in [5.41, 5.74) is 2.08. The predicted octanol–water partition coefficient (Wildman–Crippen LogP) is 4.23. The average Bonchev–Trinajstić information content (AvgIpc) is 2.75. The van der Waals surface area contributed by atoms with Crippen molar-refractivity contribution in [3.63, 3.8) is 0 Å². The Hall–Kier alpha value is -1.41. The number of methoxy groups -OCH3 is 1. The van der Waals surface area contributed by atoms with Crippen molar-refractivity contribution in [1.29, 1.82) is 0 Å². The number of benzene rings is 1. The highest BCUT2D eigenvalue weighted by Crippen LogP contribution is 2.32. The van der Waals surface area contributed by atoms with Crippen molar-refractivity contribution in [3.05, 3.63) is 53.0 Å². The zero-order valence-corrected chi connectivity index (χ0v) is 10.9. The second kappa shape index (κ2) is 4.84. The highest BCUT2D eigenvalue weighted by molar-refractivity contribution is 6.22. The van der Waals surface area contributed by atoms with E-state index in [0.717, 1.165) is 28.4 Å². The van der Waals surface area contributed by atoms with Crippen molar-refractivity contribution < 1.29 is 9.15 Å². The third-order valence-electron chi connectivity index (χ3n) is 2.72. The maximum atomic E-state index is 6.38. The van der Waals surface area contributed by atoms with E-state index in [1.54, 1.807) is 7.11 Å². The van der Waals surface area contributed by atoms with Gasteiger partial charge in [0.05, 0.1) is 7.11 Å². The van der Waals surface area contributed by atoms with Crippen LogP contribution < -0.4 is 4.74 Å². The fraction of sp³-hybridized carbons (Fsp3) is 0.286. The van der Waals surface area contributed by atoms with Crippen LogP contribution >= 0.6 is 11.6 Å². The van der Waals surface area contributed by atoms with Crippen LogP contribution in [-0.4, -0.2) is 7.11 Å². The summed E-state index contributed by atoms with van der Waals surface area (Å²) in [6.07, 6.45) is 0. The lowest BCUT2D eigenvalue weighted by atomic mass is 10.1. The van der Waals surface area contributed by atoms with Crippen LogP contribution in [0.15, 0.2) is 34.7 Å². The lowest BCUT2D eigenvalue weighted by Crippen LogP contribution is -1.94. The molecule has 0 spiro atoms. The number of aryl methyl sites for hydroxylation is 2. The summed E-state index contributed by atoms with van der Waals surface area (Å²) in [7, 11) is 1.66. The zero-order valence-electron chi connectivity index (χ0n) is 10.2. The van der Waals surface area contributed by atoms with Gasteiger partial charge >= 0.3 is 0 Å². The maximum absolute atomic E-state index is 6.38. The Balaban J connectivity index is 2.31. The summed E-state index contributed by atoms with van der Waals surface area (Å²) >= 11 is 6.38. The van der Waals surface area contributed by atoms with Gasteiger partial charge in [0, 0.05) is 0 Å². The predicted molar refractivity (Wildman–Crippen MR) is 68.9 cm³/mol. The third kappa shape index (κ3) is 2.47. The van der Waals surface area contributed by atoms with Crippen LogP contribution in [-0.2, 0) is 0 Å². The van der Waals surface area contributed by atoms with E-state index in [1.165, 1.54) is 0 Å². The number of alkyl halides is 1. The molecule has 1 aromatic carbocycles. The minimum atomic E-state index is -0.256. The SMILES string of the molecule is COc1ccc(C(Cl)c2ccc(C)o2)cc1C. The number of hydrogen-bond donors (Lipinski definition) is 0. The van der Waals surface area contributed by atoms with Crippen molar-refractivity contribution in [3.8, 4) is 5.75 Å². The molecule has 0 aliphatic carbocycles. The first kappa shape index (κ1) is 12.1. The van der Waals surface area contributed by atoms with Gasteiger partial charge in [-0.15, -0.1) is 11.6 Å². The van der Waals surface area contributed by atoms with Crippen LogP contribution in [0.4, 0.5) is 0 Å². The number of furan rings is 1. The van der Waals surface area contributed by atoms with Crippen LogP contribution in [0.3, 0.4) is 0 Å². The largest absolute Gasteiger partial charge is 0.496 e. The van der Waals surface area contributed by atoms with Gasteiger partial charge in [0.2, 0.25) is 0 Å². The minimum absolute atomic E-state index is 0.256. The van der Waals surface area contributed by atoms with E-state index in [-0.39, 0.29) is 5.38 Å². The van der Waals surface area contributed by atoms with Gasteiger partial charge in [-0.2, -0.15) is 0 Å². The molecule has 0 bridgehead atoms. The lowest BCUT2D eigenvalue weighted by molar-refractivity contribution is 0.411. The van der Waals surface area contributed by atoms with Gasteiger partial charge < -0.3 is 9.15 Å². The van der Waals surface area contributed by atoms with Crippen molar-refractivity contribution in [1.82, 2.24) is 0 Å². The smallest absolute Gasteiger partial charge is 0.126 e. The van der Waals surface area contributed by atoms with Gasteiger partial charge in [-0.3, -0.25) is 0 Å². The molecule has 0 fully saturated rings. The molecule has 0 N–H and O–H groups in total. The first-order valence-corrected chi connectivity index (χ1v) is 5.90. The Labute approximate surface area is 106 Å². The number of hydrogen-bond acceptors (Lipinski definition) is 2. The van der Waals surface area contributed by atoms with E-state index in [0.29, 0.717) is 0 Å². The normalized spacial score (nSPS) is 12.5. The summed E-state index contributed by atoms with van der Waals surface area (Å²) in [5.74, 6) is 2.51. The number of halogens is 1. The van der Waals surface area contributed by atoms with Crippen molar-refractivity contribution in [2.24, 2.45) is 0 Å². The van der Waals surface area contributed by atoms with E-state index in [9.17, 15) is 0 Å². The van der Waals surface area contributed by atoms with E-state index < -0.39 is 0 Å². The van der Waals surface area contributed by atoms with E-state index >= 15 is 0 Å². The summed E-state index contributed by atoms with van der Waals surface area (Å²) in [6.45, 7) is 3.91. The Morgan fingerprint density at radius 1 is 1.18 bits per heavy atom. The highest BCUT2D eigenvalue weighted by Gasteiger charge is 2.15. The molecule has 2 rings (SSSR count). The third-order valence-corrected chi connectivity index (χ3v) is 3.19. The lowest BCUT2D eigenvalue weighted by Gasteiger charge is -2.10. The first-order valence-electron chi connectivity index (χ1n) is 5.46. The van der Waals surface area contributed by atoms with Crippen LogP contribution in [0, 0.1) is 13.8 Å². The van der Waals surface area contributed by atoms with Gasteiger partial charge in [-0.25, -0.2) is 0 Å². The fourth-order valence-corrected chi connectivity index (χ4v) is 2.07. The topological polar surface area (TPSA) is 22.4 Å². The molecular weight excluding hydrogens is 236 g/mol. The van der Waals surface area contributed by atoms with E-state index in [2.05, 4.69) is 0 Å². The summed E-state index contributed by atoms with van der Waals surface area (Å²) < 4.78 is 10.8. The molecule has 90 valence electrons. The molecule has 3 heteroatoms. The summed E-state index contributed by atoms with van der Waals surface area (Å²) in [5, 5.41) is -0.256. The molecule has 1 heterocycles. The number of rotatable bonds is 3. The molecular formula is C14H15ClO2. The Kier molecular flexibility index (Phi) is 3.43. The minimum Gasteiger partial charge on any atom is -0.496 e. The molecule has 1 aromatic heterocycles. The van der Waals surface area contributed by atoms with E-state index in [1.807, 2.05) is 44.2 Å². The maximum Gasteiger partial charge on any atom is 0.126 e. The molecule has 1 atom stereocenters. The summed E-state index contributed by atoms with van der Waals surface area (Å²) in [6, 6.07) is 9.74. The fourth-order valence-electron chi connectivity index (χ4n) is 1.81. The molecule has 2 nitrogen and oxygen atoms in total. The van der Waals surface area contributed by atoms with Crippen molar-refractivity contribution >= 4 is 11.6 Å². The Morgan fingerprint density at radius 3 is 2.47 bits per heavy atom. The first-order chi connectivity index (χ1) is 8.11. The average molecular weight is 251 g/mol. The molecule has 0 aliphatic rings. The molecule has 17 heavy (non-hydrogen) atoms. The quantitative estimate of drug-likeness (QED) is 0.761. The van der Waals surface area contributed by atoms with Crippen LogP contribution in [0.1, 0.15) is 28.0 Å². The standard InChI is InChI=1S/C14H15ClO2/c1-9-8-11(5-7-12(9)16-3)14(15)13-6-4-10(2)17-13/h4-8,14H,1-3H3. The molecule has 1 unspecified atom stereocenters. The second-order valence-electron chi connectivity index (χ2n) is 4.04. The summed E-state index contributed by atoms with van der Waals surface area (Å²) in [4.78, 5) is 0.